The number of carbonyl (C=O) groups is 1. The van der Waals surface area contributed by atoms with Gasteiger partial charge in [0.1, 0.15) is 13.2 Å². The maximum Gasteiger partial charge on any atom is 0.338 e. The molecular formula is C22H30N2O4. The quantitative estimate of drug-likeness (QED) is 0.476. The molecule has 0 radical (unpaired) electrons. The van der Waals surface area contributed by atoms with Crippen molar-refractivity contribution >= 4 is 17.8 Å². The molecule has 2 aliphatic rings. The second kappa shape index (κ2) is 8.03. The van der Waals surface area contributed by atoms with Crippen LogP contribution in [0.25, 0.3) is 6.08 Å². The first-order valence-electron chi connectivity index (χ1n) is 9.97. The molecule has 2 fully saturated rings. The molecule has 1 N–H and O–H groups in total. The lowest BCUT2D eigenvalue weighted by Gasteiger charge is -2.45. The van der Waals surface area contributed by atoms with Gasteiger partial charge in [-0.3, -0.25) is 4.98 Å². The van der Waals surface area contributed by atoms with Gasteiger partial charge < -0.3 is 14.7 Å². The molecule has 6 heteroatoms. The van der Waals surface area contributed by atoms with Gasteiger partial charge in [-0.2, -0.15) is 0 Å². The smallest absolute Gasteiger partial charge is 0.338 e. The topological polar surface area (TPSA) is 81.0 Å². The fourth-order valence-electron chi connectivity index (χ4n) is 5.06. The Kier molecular flexibility index (Phi) is 5.89. The van der Waals surface area contributed by atoms with Crippen molar-refractivity contribution in [3.63, 3.8) is 0 Å². The van der Waals surface area contributed by atoms with Gasteiger partial charge >= 0.3 is 5.97 Å². The van der Waals surface area contributed by atoms with Crippen LogP contribution in [0.3, 0.4) is 0 Å². The van der Waals surface area contributed by atoms with Gasteiger partial charge in [-0.25, -0.2) is 4.79 Å². The van der Waals surface area contributed by atoms with Crippen LogP contribution in [0.1, 0.15) is 51.8 Å². The molecule has 1 aliphatic heterocycles. The number of cyclic esters (lactones) is 1. The van der Waals surface area contributed by atoms with Crippen LogP contribution < -0.4 is 0 Å². The number of oxime groups is 1. The number of aliphatic hydroxyl groups is 1. The van der Waals surface area contributed by atoms with Crippen molar-refractivity contribution in [2.24, 2.45) is 28.8 Å². The Morgan fingerprint density at radius 2 is 2.21 bits per heavy atom. The summed E-state index contributed by atoms with van der Waals surface area (Å²) in [4.78, 5) is 21.6. The molecule has 5 unspecified atom stereocenters. The first-order chi connectivity index (χ1) is 13.3. The van der Waals surface area contributed by atoms with Crippen molar-refractivity contribution in [1.82, 2.24) is 4.98 Å². The number of rotatable bonds is 5. The molecule has 1 aromatic rings. The number of aromatic nitrogens is 1. The van der Waals surface area contributed by atoms with Crippen molar-refractivity contribution in [3.8, 4) is 0 Å². The summed E-state index contributed by atoms with van der Waals surface area (Å²) in [6.45, 7) is 8.03. The molecule has 3 rings (SSSR count). The van der Waals surface area contributed by atoms with Gasteiger partial charge in [0.15, 0.2) is 5.60 Å². The van der Waals surface area contributed by atoms with Crippen LogP contribution >= 0.6 is 0 Å². The van der Waals surface area contributed by atoms with Gasteiger partial charge in [-0.1, -0.05) is 31.5 Å². The lowest BCUT2D eigenvalue weighted by Crippen LogP contribution is -2.53. The molecule has 6 atom stereocenters. The third-order valence-corrected chi connectivity index (χ3v) is 6.37. The van der Waals surface area contributed by atoms with Gasteiger partial charge in [-0.15, -0.1) is 0 Å². The van der Waals surface area contributed by atoms with E-state index in [-0.39, 0.29) is 23.9 Å². The van der Waals surface area contributed by atoms with Crippen LogP contribution in [0.4, 0.5) is 0 Å². The molecule has 1 saturated carbocycles. The Hall–Kier alpha value is -2.21. The van der Waals surface area contributed by atoms with Crippen LogP contribution in [-0.4, -0.2) is 40.6 Å². The average Bonchev–Trinajstić information content (AvgIpc) is 2.88. The molecule has 28 heavy (non-hydrogen) atoms. The zero-order valence-electron chi connectivity index (χ0n) is 17.3. The van der Waals surface area contributed by atoms with Crippen LogP contribution in [-0.2, 0) is 14.4 Å². The summed E-state index contributed by atoms with van der Waals surface area (Å²) in [6.07, 6.45) is 7.01. The Balaban J connectivity index is 1.87. The molecule has 2 heterocycles. The third-order valence-electron chi connectivity index (χ3n) is 6.37. The van der Waals surface area contributed by atoms with Crippen LogP contribution in [0.15, 0.2) is 29.6 Å². The molecule has 0 amide bonds. The highest BCUT2D eigenvalue weighted by Crippen LogP contribution is 2.52. The number of carbonyl (C=O) groups excluding carboxylic acids is 1. The van der Waals surface area contributed by atoms with Crippen molar-refractivity contribution in [2.75, 3.05) is 7.11 Å². The van der Waals surface area contributed by atoms with Crippen LogP contribution in [0.2, 0.25) is 0 Å². The minimum Gasteiger partial charge on any atom is -0.460 e. The van der Waals surface area contributed by atoms with Crippen molar-refractivity contribution in [1.29, 1.82) is 0 Å². The largest absolute Gasteiger partial charge is 0.460 e. The van der Waals surface area contributed by atoms with E-state index >= 15 is 0 Å². The Labute approximate surface area is 166 Å². The van der Waals surface area contributed by atoms with Crippen molar-refractivity contribution in [2.45, 2.75) is 52.2 Å². The number of ether oxygens (including phenoxy) is 1. The van der Waals surface area contributed by atoms with E-state index < -0.39 is 11.6 Å². The molecule has 1 saturated heterocycles. The molecule has 152 valence electrons. The maximum atomic E-state index is 12.3. The lowest BCUT2D eigenvalue weighted by molar-refractivity contribution is -0.160. The second-order valence-corrected chi connectivity index (χ2v) is 8.08. The minimum absolute atomic E-state index is 0.0541. The van der Waals surface area contributed by atoms with E-state index in [0.29, 0.717) is 12.3 Å². The summed E-state index contributed by atoms with van der Waals surface area (Å²) in [5.41, 5.74) is 1.10. The van der Waals surface area contributed by atoms with Crippen molar-refractivity contribution in [3.05, 3.63) is 35.7 Å². The molecule has 0 spiro atoms. The molecule has 1 aliphatic carbocycles. The first-order valence-corrected chi connectivity index (χ1v) is 9.97. The monoisotopic (exact) mass is 386 g/mol. The minimum atomic E-state index is -1.38. The fraction of sp³-hybridized carbons (Fsp3) is 0.591. The van der Waals surface area contributed by atoms with E-state index in [2.05, 4.69) is 30.1 Å². The lowest BCUT2D eigenvalue weighted by atomic mass is 9.59. The molecule has 0 bridgehead atoms. The number of hydrogen-bond acceptors (Lipinski definition) is 6. The van der Waals surface area contributed by atoms with E-state index in [1.54, 1.807) is 6.20 Å². The van der Waals surface area contributed by atoms with Gasteiger partial charge in [0.25, 0.3) is 0 Å². The number of pyridine rings is 1. The SMILES string of the molecule is CCC1C(C)CC2(O)C(=O)O[C@H](C)C2C1/C=C/c1ccc(/C(C)=N/OC)cn1. The standard InChI is InChI=1S/C22H30N2O4/c1-6-18-13(2)11-22(26)20(15(4)28-21(22)25)19(18)10-9-17-8-7-16(12-23-17)14(3)24-27-5/h7-10,12-13,15,18-20,26H,6,11H2,1-5H3/b10-9+,24-14+/t13?,15-,18?,19?,20?,22?/m1/s1. The summed E-state index contributed by atoms with van der Waals surface area (Å²) < 4.78 is 5.44. The summed E-state index contributed by atoms with van der Waals surface area (Å²) in [5, 5.41) is 15.0. The highest BCUT2D eigenvalue weighted by Gasteiger charge is 2.62. The Morgan fingerprint density at radius 3 is 2.82 bits per heavy atom. The Bertz CT molecular complexity index is 773. The molecular weight excluding hydrogens is 356 g/mol. The number of esters is 1. The van der Waals surface area contributed by atoms with Gasteiger partial charge in [0.2, 0.25) is 0 Å². The highest BCUT2D eigenvalue weighted by atomic mass is 16.6. The normalized spacial score (nSPS) is 35.7. The van der Waals surface area contributed by atoms with E-state index in [1.165, 1.54) is 7.11 Å². The van der Waals surface area contributed by atoms with Crippen LogP contribution in [0.5, 0.6) is 0 Å². The zero-order valence-corrected chi connectivity index (χ0v) is 17.3. The van der Waals surface area contributed by atoms with Crippen LogP contribution in [0, 0.1) is 23.7 Å². The van der Waals surface area contributed by atoms with Gasteiger partial charge in [-0.05, 0) is 56.2 Å². The summed E-state index contributed by atoms with van der Waals surface area (Å²) in [6, 6.07) is 3.88. The van der Waals surface area contributed by atoms with E-state index in [9.17, 15) is 9.90 Å². The summed E-state index contributed by atoms with van der Waals surface area (Å²) in [5.74, 6) is -0.0257. The third kappa shape index (κ3) is 3.58. The van der Waals surface area contributed by atoms with Crippen molar-refractivity contribution < 1.29 is 19.5 Å². The summed E-state index contributed by atoms with van der Waals surface area (Å²) in [7, 11) is 1.52. The molecule has 6 nitrogen and oxygen atoms in total. The van der Waals surface area contributed by atoms with E-state index in [0.717, 1.165) is 23.4 Å². The zero-order chi connectivity index (χ0) is 20.5. The predicted octanol–water partition coefficient (Wildman–Crippen LogP) is 3.44. The average molecular weight is 386 g/mol. The molecule has 0 aromatic carbocycles. The summed E-state index contributed by atoms with van der Waals surface area (Å²) >= 11 is 0. The van der Waals surface area contributed by atoms with E-state index in [4.69, 9.17) is 9.57 Å². The van der Waals surface area contributed by atoms with Gasteiger partial charge in [0, 0.05) is 17.7 Å². The molecule has 1 aromatic heterocycles. The maximum absolute atomic E-state index is 12.3. The Morgan fingerprint density at radius 1 is 1.46 bits per heavy atom. The highest BCUT2D eigenvalue weighted by molar-refractivity contribution is 5.98. The van der Waals surface area contributed by atoms with Gasteiger partial charge in [0.05, 0.1) is 11.4 Å². The second-order valence-electron chi connectivity index (χ2n) is 8.08. The number of allylic oxidation sites excluding steroid dienone is 1. The number of hydrogen-bond donors (Lipinski definition) is 1. The number of fused-ring (bicyclic) bond motifs is 1. The fourth-order valence-corrected chi connectivity index (χ4v) is 5.06. The predicted molar refractivity (Wildman–Crippen MR) is 108 cm³/mol. The van der Waals surface area contributed by atoms with E-state index in [1.807, 2.05) is 32.1 Å². The first kappa shape index (κ1) is 20.5. The number of nitrogens with zero attached hydrogens (tertiary/aromatic N) is 2.